The van der Waals surface area contributed by atoms with Crippen molar-refractivity contribution in [3.8, 4) is 0 Å². The quantitative estimate of drug-likeness (QED) is 0.469. The molecule has 5 aliphatic rings. The van der Waals surface area contributed by atoms with Gasteiger partial charge in [-0.2, -0.15) is 11.8 Å². The van der Waals surface area contributed by atoms with Crippen LogP contribution in [0.15, 0.2) is 23.8 Å². The van der Waals surface area contributed by atoms with E-state index >= 15 is 0 Å². The van der Waals surface area contributed by atoms with Crippen LogP contribution in [0.3, 0.4) is 0 Å². The Morgan fingerprint density at radius 3 is 3.06 bits per heavy atom. The maximum atomic E-state index is 12.0. The summed E-state index contributed by atoms with van der Waals surface area (Å²) in [6, 6.07) is 0. The minimum Gasteiger partial charge on any atom is -0.450 e. The van der Waals surface area contributed by atoms with E-state index in [1.807, 2.05) is 13.0 Å². The predicted octanol–water partition coefficient (Wildman–Crippen LogP) is 1.30. The minimum absolute atomic E-state index is 0.112. The van der Waals surface area contributed by atoms with Gasteiger partial charge in [0.25, 0.3) is 0 Å². The Morgan fingerprint density at radius 2 is 2.25 bits per heavy atom. The number of thioether (sulfide) groups is 1. The number of hydrogen-bond acceptors (Lipinski definition) is 4. The predicted molar refractivity (Wildman–Crippen MR) is 60.1 cm³/mol. The second kappa shape index (κ2) is 2.57. The molecule has 0 amide bonds. The fourth-order valence-electron chi connectivity index (χ4n) is 3.26. The fourth-order valence-corrected chi connectivity index (χ4v) is 4.76. The van der Waals surface area contributed by atoms with Gasteiger partial charge in [-0.3, -0.25) is 4.79 Å². The summed E-state index contributed by atoms with van der Waals surface area (Å²) >= 11 is 1.79. The molecular formula is C12H12O3S. The molecule has 0 aromatic rings. The molecule has 2 fully saturated rings. The van der Waals surface area contributed by atoms with Gasteiger partial charge in [0, 0.05) is 11.5 Å². The summed E-state index contributed by atoms with van der Waals surface area (Å²) in [5, 5.41) is 0. The van der Waals surface area contributed by atoms with Crippen LogP contribution in [0.5, 0.6) is 0 Å². The lowest BCUT2D eigenvalue weighted by molar-refractivity contribution is -0.163. The van der Waals surface area contributed by atoms with Crippen LogP contribution in [0.4, 0.5) is 0 Å². The van der Waals surface area contributed by atoms with E-state index in [2.05, 4.69) is 12.2 Å². The lowest BCUT2D eigenvalue weighted by atomic mass is 9.79. The Morgan fingerprint density at radius 1 is 1.44 bits per heavy atom. The van der Waals surface area contributed by atoms with E-state index in [9.17, 15) is 4.79 Å². The van der Waals surface area contributed by atoms with Gasteiger partial charge in [-0.25, -0.2) is 0 Å². The summed E-state index contributed by atoms with van der Waals surface area (Å²) in [6.45, 7) is 2.02. The van der Waals surface area contributed by atoms with Gasteiger partial charge in [0.05, 0.1) is 6.10 Å². The lowest BCUT2D eigenvalue weighted by Crippen LogP contribution is -2.54. The van der Waals surface area contributed by atoms with Gasteiger partial charge >= 0.3 is 5.97 Å². The highest BCUT2D eigenvalue weighted by atomic mass is 32.2. The highest BCUT2D eigenvalue weighted by Crippen LogP contribution is 2.55. The van der Waals surface area contributed by atoms with Crippen LogP contribution in [-0.4, -0.2) is 34.8 Å². The lowest BCUT2D eigenvalue weighted by Gasteiger charge is -2.38. The number of carbonyl (C=O) groups excluding carboxylic acids is 1. The van der Waals surface area contributed by atoms with Gasteiger partial charge in [0.1, 0.15) is 11.5 Å². The monoisotopic (exact) mass is 236 g/mol. The third kappa shape index (κ3) is 0.821. The van der Waals surface area contributed by atoms with Gasteiger partial charge < -0.3 is 9.47 Å². The largest absolute Gasteiger partial charge is 0.450 e. The number of ether oxygens (including phenoxy) is 2. The first-order valence-corrected chi connectivity index (χ1v) is 6.68. The summed E-state index contributed by atoms with van der Waals surface area (Å²) in [5.74, 6) is 1.35. The first-order chi connectivity index (χ1) is 7.66. The Kier molecular flexibility index (Phi) is 1.49. The molecule has 3 nitrogen and oxygen atoms in total. The van der Waals surface area contributed by atoms with Crippen molar-refractivity contribution in [1.29, 1.82) is 0 Å². The van der Waals surface area contributed by atoms with E-state index in [4.69, 9.17) is 9.47 Å². The van der Waals surface area contributed by atoms with Gasteiger partial charge in [-0.1, -0.05) is 11.6 Å². The molecule has 5 rings (SSSR count). The number of fused-ring (bicyclic) bond motifs is 1. The minimum atomic E-state index is -0.545. The molecule has 0 saturated carbocycles. The molecule has 4 heteroatoms. The van der Waals surface area contributed by atoms with E-state index in [0.717, 1.165) is 17.1 Å². The topological polar surface area (TPSA) is 35.5 Å². The summed E-state index contributed by atoms with van der Waals surface area (Å²) < 4.78 is 11.8. The highest BCUT2D eigenvalue weighted by Gasteiger charge is 2.65. The number of hydrogen-bond donors (Lipinski definition) is 0. The van der Waals surface area contributed by atoms with Gasteiger partial charge in [-0.15, -0.1) is 0 Å². The maximum Gasteiger partial charge on any atom is 0.317 e. The van der Waals surface area contributed by atoms with Crippen LogP contribution in [0.25, 0.3) is 0 Å². The van der Waals surface area contributed by atoms with Crippen LogP contribution < -0.4 is 0 Å². The van der Waals surface area contributed by atoms with Crippen LogP contribution in [-0.2, 0) is 14.3 Å². The third-order valence-electron chi connectivity index (χ3n) is 4.07. The Labute approximate surface area is 97.9 Å². The zero-order chi connectivity index (χ0) is 11.0. The van der Waals surface area contributed by atoms with Crippen LogP contribution in [0.1, 0.15) is 6.92 Å². The second-order valence-corrected chi connectivity index (χ2v) is 5.99. The van der Waals surface area contributed by atoms with Crippen molar-refractivity contribution in [1.82, 2.24) is 0 Å². The van der Waals surface area contributed by atoms with Crippen molar-refractivity contribution in [3.63, 3.8) is 0 Å². The van der Waals surface area contributed by atoms with E-state index in [-0.39, 0.29) is 18.0 Å². The smallest absolute Gasteiger partial charge is 0.317 e. The summed E-state index contributed by atoms with van der Waals surface area (Å²) in [7, 11) is 0. The molecule has 0 aromatic carbocycles. The molecule has 16 heavy (non-hydrogen) atoms. The van der Waals surface area contributed by atoms with E-state index in [1.165, 1.54) is 0 Å². The SMILES string of the molecule is CC1=C[C@]23CSC[C@@]24C=C[C@H](O4)[C@H]1C(=O)O3. The summed E-state index contributed by atoms with van der Waals surface area (Å²) in [5.41, 5.74) is 0.164. The van der Waals surface area contributed by atoms with Gasteiger partial charge in [0.15, 0.2) is 5.60 Å². The Hall–Kier alpha value is -0.740. The molecular weight excluding hydrogens is 224 g/mol. The van der Waals surface area contributed by atoms with Crippen molar-refractivity contribution in [2.24, 2.45) is 5.92 Å². The summed E-state index contributed by atoms with van der Waals surface area (Å²) in [4.78, 5) is 12.0. The van der Waals surface area contributed by atoms with Crippen molar-refractivity contribution < 1.29 is 14.3 Å². The van der Waals surface area contributed by atoms with E-state index < -0.39 is 11.2 Å². The van der Waals surface area contributed by atoms with Crippen LogP contribution in [0, 0.1) is 5.92 Å². The first kappa shape index (κ1) is 9.31. The van der Waals surface area contributed by atoms with E-state index in [1.54, 1.807) is 11.8 Å². The third-order valence-corrected chi connectivity index (χ3v) is 5.33. The van der Waals surface area contributed by atoms with Crippen molar-refractivity contribution in [2.75, 3.05) is 11.5 Å². The maximum absolute atomic E-state index is 12.0. The highest BCUT2D eigenvalue weighted by molar-refractivity contribution is 7.99. The average Bonchev–Trinajstić information content (AvgIpc) is 2.70. The molecule has 4 bridgehead atoms. The molecule has 5 heterocycles. The summed E-state index contributed by atoms with van der Waals surface area (Å²) in [6.07, 6.45) is 6.16. The zero-order valence-electron chi connectivity index (χ0n) is 8.93. The van der Waals surface area contributed by atoms with Crippen molar-refractivity contribution in [3.05, 3.63) is 23.8 Å². The Bertz CT molecular complexity index is 455. The molecule has 0 radical (unpaired) electrons. The molecule has 2 saturated heterocycles. The van der Waals surface area contributed by atoms with Gasteiger partial charge in [-0.05, 0) is 19.1 Å². The standard InChI is InChI=1S/C12H12O3S/c1-7-4-12-6-16-5-11(12)3-2-8(14-11)9(7)10(13)15-12/h2-4,8-9H,5-6H2,1H3/t8-,9-,11-,12-/m0/s1. The number of rotatable bonds is 0. The number of carbonyl (C=O) groups is 1. The molecule has 0 unspecified atom stereocenters. The van der Waals surface area contributed by atoms with Crippen LogP contribution in [0.2, 0.25) is 0 Å². The first-order valence-electron chi connectivity index (χ1n) is 5.53. The zero-order valence-corrected chi connectivity index (χ0v) is 9.75. The molecule has 0 aliphatic carbocycles. The molecule has 2 spiro atoms. The normalized spacial score (nSPS) is 52.3. The van der Waals surface area contributed by atoms with Gasteiger partial charge in [0.2, 0.25) is 0 Å². The molecule has 0 aromatic heterocycles. The van der Waals surface area contributed by atoms with Crippen molar-refractivity contribution >= 4 is 17.7 Å². The fraction of sp³-hybridized carbons (Fsp3) is 0.583. The molecule has 0 N–H and O–H groups in total. The second-order valence-electron chi connectivity index (χ2n) is 5.00. The molecule has 4 atom stereocenters. The Balaban J connectivity index is 2.01. The van der Waals surface area contributed by atoms with Crippen molar-refractivity contribution in [2.45, 2.75) is 24.2 Å². The molecule has 84 valence electrons. The van der Waals surface area contributed by atoms with Crippen LogP contribution >= 0.6 is 11.8 Å². The number of esters is 1. The average molecular weight is 236 g/mol. The molecule has 5 aliphatic heterocycles. The van der Waals surface area contributed by atoms with E-state index in [0.29, 0.717) is 0 Å².